The molecule has 3 aromatic rings. The molecule has 1 aliphatic carbocycles. The van der Waals surface area contributed by atoms with Crippen LogP contribution in [0.2, 0.25) is 0 Å². The molecule has 120 valence electrons. The van der Waals surface area contributed by atoms with E-state index < -0.39 is 0 Å². The summed E-state index contributed by atoms with van der Waals surface area (Å²) in [4.78, 5) is 15.3. The first kappa shape index (κ1) is 14.6. The van der Waals surface area contributed by atoms with Gasteiger partial charge in [0.05, 0.1) is 0 Å². The highest BCUT2D eigenvalue weighted by Crippen LogP contribution is 2.27. The number of hydrogen-bond donors (Lipinski definition) is 2. The third-order valence-electron chi connectivity index (χ3n) is 4.30. The summed E-state index contributed by atoms with van der Waals surface area (Å²) < 4.78 is 0. The fourth-order valence-corrected chi connectivity index (χ4v) is 2.72. The van der Waals surface area contributed by atoms with Gasteiger partial charge in [0.15, 0.2) is 5.82 Å². The maximum absolute atomic E-state index is 12.3. The minimum atomic E-state index is 0.0111. The maximum Gasteiger partial charge on any atom is 0.251 e. The van der Waals surface area contributed by atoms with E-state index in [1.165, 1.54) is 0 Å². The first-order valence-corrected chi connectivity index (χ1v) is 8.09. The summed E-state index contributed by atoms with van der Waals surface area (Å²) in [5.74, 6) is 0.757. The van der Waals surface area contributed by atoms with Crippen LogP contribution in [0, 0.1) is 6.92 Å². The summed E-state index contributed by atoms with van der Waals surface area (Å²) in [7, 11) is 0. The highest BCUT2D eigenvalue weighted by Gasteiger charge is 2.24. The number of hydrogen-bond acceptors (Lipinski definition) is 3. The minimum absolute atomic E-state index is 0.0111. The predicted molar refractivity (Wildman–Crippen MR) is 92.5 cm³/mol. The Labute approximate surface area is 140 Å². The van der Waals surface area contributed by atoms with E-state index in [1.54, 1.807) is 6.33 Å². The van der Waals surface area contributed by atoms with Gasteiger partial charge in [-0.15, -0.1) is 10.2 Å². The minimum Gasteiger partial charge on any atom is -0.349 e. The third kappa shape index (κ3) is 2.93. The molecule has 1 fully saturated rings. The molecule has 1 aromatic heterocycles. The average Bonchev–Trinajstić information content (AvgIpc) is 3.24. The van der Waals surface area contributed by atoms with Crippen LogP contribution in [-0.2, 0) is 0 Å². The molecule has 5 nitrogen and oxygen atoms in total. The molecule has 4 rings (SSSR count). The summed E-state index contributed by atoms with van der Waals surface area (Å²) in [5.41, 5.74) is 4.99. The molecule has 24 heavy (non-hydrogen) atoms. The summed E-state index contributed by atoms with van der Waals surface area (Å²) >= 11 is 0. The number of aryl methyl sites for hydroxylation is 1. The van der Waals surface area contributed by atoms with E-state index >= 15 is 0 Å². The number of rotatable bonds is 4. The second kappa shape index (κ2) is 5.92. The quantitative estimate of drug-likeness (QED) is 0.775. The number of H-pyrrole nitrogens is 1. The zero-order valence-corrected chi connectivity index (χ0v) is 13.4. The van der Waals surface area contributed by atoms with Gasteiger partial charge >= 0.3 is 0 Å². The highest BCUT2D eigenvalue weighted by molar-refractivity contribution is 5.96. The van der Waals surface area contributed by atoms with Crippen molar-refractivity contribution in [1.29, 1.82) is 0 Å². The number of nitrogens with zero attached hydrogens (tertiary/aromatic N) is 2. The Hall–Kier alpha value is -2.95. The van der Waals surface area contributed by atoms with Crippen LogP contribution in [0.5, 0.6) is 0 Å². The van der Waals surface area contributed by atoms with Crippen molar-refractivity contribution in [3.8, 4) is 22.5 Å². The number of nitrogens with one attached hydrogen (secondary N) is 2. The summed E-state index contributed by atoms with van der Waals surface area (Å²) in [6.07, 6.45) is 3.75. The van der Waals surface area contributed by atoms with E-state index in [0.717, 1.165) is 40.9 Å². The lowest BCUT2D eigenvalue weighted by atomic mass is 9.97. The molecule has 2 aromatic carbocycles. The molecule has 0 atom stereocenters. The number of carbonyl (C=O) groups excluding carboxylic acids is 1. The van der Waals surface area contributed by atoms with Gasteiger partial charge in [-0.05, 0) is 48.6 Å². The maximum atomic E-state index is 12.3. The number of amides is 1. The second-order valence-corrected chi connectivity index (χ2v) is 6.19. The highest BCUT2D eigenvalue weighted by atomic mass is 16.1. The second-order valence-electron chi connectivity index (χ2n) is 6.19. The molecule has 1 heterocycles. The molecule has 0 saturated heterocycles. The Morgan fingerprint density at radius 3 is 2.54 bits per heavy atom. The van der Waals surface area contributed by atoms with Gasteiger partial charge in [0.1, 0.15) is 6.33 Å². The van der Waals surface area contributed by atoms with Crippen LogP contribution in [0.4, 0.5) is 0 Å². The molecule has 0 spiro atoms. The molecule has 5 heteroatoms. The fraction of sp³-hybridized carbons (Fsp3) is 0.211. The average molecular weight is 318 g/mol. The van der Waals surface area contributed by atoms with Gasteiger partial charge in [-0.3, -0.25) is 4.79 Å². The topological polar surface area (TPSA) is 70.7 Å². The predicted octanol–water partition coefficient (Wildman–Crippen LogP) is 3.34. The van der Waals surface area contributed by atoms with Crippen LogP contribution in [0.1, 0.15) is 28.8 Å². The lowest BCUT2D eigenvalue weighted by Gasteiger charge is -2.10. The SMILES string of the molecule is Cc1ccc(C(=O)NC2CC2)cc1-c1ccc(-c2nnc[nH]2)cc1. The summed E-state index contributed by atoms with van der Waals surface area (Å²) in [5, 5.41) is 10.9. The monoisotopic (exact) mass is 318 g/mol. The van der Waals surface area contributed by atoms with Crippen LogP contribution < -0.4 is 5.32 Å². The van der Waals surface area contributed by atoms with E-state index in [2.05, 4.69) is 27.4 Å². The van der Waals surface area contributed by atoms with Crippen LogP contribution in [0.3, 0.4) is 0 Å². The van der Waals surface area contributed by atoms with Crippen molar-refractivity contribution >= 4 is 5.91 Å². The van der Waals surface area contributed by atoms with Gasteiger partial charge in [-0.1, -0.05) is 30.3 Å². The fourth-order valence-electron chi connectivity index (χ4n) is 2.72. The van der Waals surface area contributed by atoms with Gasteiger partial charge in [0.25, 0.3) is 5.91 Å². The Morgan fingerprint density at radius 1 is 1.12 bits per heavy atom. The molecule has 0 aliphatic heterocycles. The Kier molecular flexibility index (Phi) is 3.61. The molecule has 1 saturated carbocycles. The van der Waals surface area contributed by atoms with Crippen LogP contribution in [0.15, 0.2) is 48.8 Å². The standard InChI is InChI=1S/C19H18N4O/c1-12-2-3-15(19(24)22-16-8-9-16)10-17(12)13-4-6-14(7-5-13)18-20-11-21-23-18/h2-7,10-11,16H,8-9H2,1H3,(H,22,24)(H,20,21,23). The number of carbonyl (C=O) groups is 1. The molecule has 0 unspecified atom stereocenters. The number of aromatic nitrogens is 3. The van der Waals surface area contributed by atoms with Gasteiger partial charge in [0, 0.05) is 17.2 Å². The largest absolute Gasteiger partial charge is 0.349 e. The van der Waals surface area contributed by atoms with Crippen molar-refractivity contribution in [2.24, 2.45) is 0 Å². The van der Waals surface area contributed by atoms with Crippen molar-refractivity contribution < 1.29 is 4.79 Å². The molecular formula is C19H18N4O. The van der Waals surface area contributed by atoms with Crippen molar-refractivity contribution in [1.82, 2.24) is 20.5 Å². The first-order valence-electron chi connectivity index (χ1n) is 8.09. The van der Waals surface area contributed by atoms with Gasteiger partial charge in [0.2, 0.25) is 0 Å². The zero-order chi connectivity index (χ0) is 16.5. The first-order chi connectivity index (χ1) is 11.7. The molecule has 0 radical (unpaired) electrons. The molecule has 2 N–H and O–H groups in total. The lowest BCUT2D eigenvalue weighted by molar-refractivity contribution is 0.0951. The zero-order valence-electron chi connectivity index (χ0n) is 13.4. The van der Waals surface area contributed by atoms with Crippen molar-refractivity contribution in [2.45, 2.75) is 25.8 Å². The normalized spacial score (nSPS) is 13.7. The number of benzene rings is 2. The Morgan fingerprint density at radius 2 is 1.88 bits per heavy atom. The Balaban J connectivity index is 1.63. The van der Waals surface area contributed by atoms with E-state index in [4.69, 9.17) is 0 Å². The van der Waals surface area contributed by atoms with Crippen molar-refractivity contribution in [2.75, 3.05) is 0 Å². The van der Waals surface area contributed by atoms with Gasteiger partial charge in [-0.2, -0.15) is 0 Å². The summed E-state index contributed by atoms with van der Waals surface area (Å²) in [6, 6.07) is 14.3. The number of aromatic amines is 1. The van der Waals surface area contributed by atoms with Crippen LogP contribution >= 0.6 is 0 Å². The molecule has 1 amide bonds. The van der Waals surface area contributed by atoms with Crippen LogP contribution in [0.25, 0.3) is 22.5 Å². The van der Waals surface area contributed by atoms with E-state index in [9.17, 15) is 4.79 Å². The van der Waals surface area contributed by atoms with Gasteiger partial charge in [-0.25, -0.2) is 0 Å². The molecule has 1 aliphatic rings. The van der Waals surface area contributed by atoms with Crippen LogP contribution in [-0.4, -0.2) is 27.1 Å². The Bertz CT molecular complexity index is 865. The lowest BCUT2D eigenvalue weighted by Crippen LogP contribution is -2.25. The molecular weight excluding hydrogens is 300 g/mol. The van der Waals surface area contributed by atoms with E-state index in [1.807, 2.05) is 42.5 Å². The van der Waals surface area contributed by atoms with E-state index in [-0.39, 0.29) is 5.91 Å². The van der Waals surface area contributed by atoms with Crippen molar-refractivity contribution in [3.63, 3.8) is 0 Å². The third-order valence-corrected chi connectivity index (χ3v) is 4.30. The molecule has 0 bridgehead atoms. The van der Waals surface area contributed by atoms with E-state index in [0.29, 0.717) is 11.6 Å². The smallest absolute Gasteiger partial charge is 0.251 e. The van der Waals surface area contributed by atoms with Crippen molar-refractivity contribution in [3.05, 3.63) is 59.9 Å². The summed E-state index contributed by atoms with van der Waals surface area (Å²) in [6.45, 7) is 2.06. The van der Waals surface area contributed by atoms with Gasteiger partial charge < -0.3 is 10.3 Å².